The van der Waals surface area contributed by atoms with Crippen LogP contribution < -0.4 is 26.6 Å². The lowest BCUT2D eigenvalue weighted by atomic mass is 9.95. The predicted molar refractivity (Wildman–Crippen MR) is 205 cm³/mol. The van der Waals surface area contributed by atoms with E-state index in [9.17, 15) is 29.1 Å². The summed E-state index contributed by atoms with van der Waals surface area (Å²) in [7, 11) is 0. The molecule has 0 saturated carbocycles. The first-order valence-electron chi connectivity index (χ1n) is 18.9. The molecule has 6 atom stereocenters. The van der Waals surface area contributed by atoms with E-state index in [0.29, 0.717) is 12.8 Å². The van der Waals surface area contributed by atoms with Crippen LogP contribution in [0.25, 0.3) is 0 Å². The number of hydrogen-bond acceptors (Lipinski definition) is 6. The summed E-state index contributed by atoms with van der Waals surface area (Å²) in [5, 5.41) is 25.9. The maximum absolute atomic E-state index is 13.9. The summed E-state index contributed by atoms with van der Waals surface area (Å²) >= 11 is 0. The van der Waals surface area contributed by atoms with E-state index in [1.165, 1.54) is 0 Å². The lowest BCUT2D eigenvalue weighted by Crippen LogP contribution is -2.58. The Bertz CT molecular complexity index is 1400. The van der Waals surface area contributed by atoms with Crippen LogP contribution in [0.1, 0.15) is 98.6 Å². The van der Waals surface area contributed by atoms with Crippen molar-refractivity contribution in [3.8, 4) is 0 Å². The van der Waals surface area contributed by atoms with Gasteiger partial charge in [-0.15, -0.1) is 0 Å². The Hall–Kier alpha value is -4.25. The van der Waals surface area contributed by atoms with E-state index >= 15 is 0 Å². The van der Waals surface area contributed by atoms with Gasteiger partial charge in [0, 0.05) is 6.04 Å². The van der Waals surface area contributed by atoms with Gasteiger partial charge in [-0.2, -0.15) is 0 Å². The summed E-state index contributed by atoms with van der Waals surface area (Å²) in [5.41, 5.74) is 1.65. The minimum atomic E-state index is -1.31. The molecule has 0 aliphatic rings. The van der Waals surface area contributed by atoms with Gasteiger partial charge in [0.1, 0.15) is 18.1 Å². The zero-order valence-corrected chi connectivity index (χ0v) is 32.4. The summed E-state index contributed by atoms with van der Waals surface area (Å²) in [6.07, 6.45) is 1.23. The lowest BCUT2D eigenvalue weighted by molar-refractivity contribution is -0.134. The van der Waals surface area contributed by atoms with Crippen LogP contribution in [-0.4, -0.2) is 71.0 Å². The Kier molecular flexibility index (Phi) is 19.1. The number of amides is 5. The molecule has 0 radical (unpaired) electrons. The molecule has 0 aliphatic heterocycles. The Morgan fingerprint density at radius 1 is 0.615 bits per heavy atom. The quantitative estimate of drug-likeness (QED) is 0.107. The fourth-order valence-corrected chi connectivity index (χ4v) is 5.99. The van der Waals surface area contributed by atoms with Gasteiger partial charge < -0.3 is 31.7 Å². The molecule has 0 aliphatic carbocycles. The number of aliphatic hydroxyl groups is 1. The monoisotopic (exact) mass is 721 g/mol. The molecule has 0 aromatic heterocycles. The van der Waals surface area contributed by atoms with E-state index in [4.69, 9.17) is 0 Å². The fraction of sp³-hybridized carbons (Fsp3) is 0.585. The maximum atomic E-state index is 13.9. The van der Waals surface area contributed by atoms with Gasteiger partial charge >= 0.3 is 0 Å². The van der Waals surface area contributed by atoms with Crippen molar-refractivity contribution in [1.29, 1.82) is 0 Å². The summed E-state index contributed by atoms with van der Waals surface area (Å²) in [5.74, 6) is -2.48. The highest BCUT2D eigenvalue weighted by molar-refractivity contribution is 5.93. The second kappa shape index (κ2) is 22.6. The van der Waals surface area contributed by atoms with E-state index in [0.717, 1.165) is 24.0 Å². The zero-order valence-electron chi connectivity index (χ0n) is 32.4. The van der Waals surface area contributed by atoms with Crippen LogP contribution in [0.4, 0.5) is 0 Å². The van der Waals surface area contributed by atoms with Crippen LogP contribution in [0.3, 0.4) is 0 Å². The molecule has 11 heteroatoms. The summed E-state index contributed by atoms with van der Waals surface area (Å²) in [6.45, 7) is 15.3. The van der Waals surface area contributed by atoms with E-state index in [2.05, 4.69) is 26.6 Å². The van der Waals surface area contributed by atoms with Crippen LogP contribution in [0.5, 0.6) is 0 Å². The number of nitrogens with one attached hydrogen (secondary N) is 5. The van der Waals surface area contributed by atoms with E-state index in [1.54, 1.807) is 13.8 Å². The third-order valence-corrected chi connectivity index (χ3v) is 9.44. The zero-order chi connectivity index (χ0) is 38.8. The minimum Gasteiger partial charge on any atom is -0.390 e. The number of hydrogen-bond donors (Lipinski definition) is 6. The average molecular weight is 722 g/mol. The Morgan fingerprint density at radius 2 is 1.17 bits per heavy atom. The van der Waals surface area contributed by atoms with Gasteiger partial charge in [-0.05, 0) is 54.6 Å². The number of rotatable bonds is 22. The molecule has 0 fully saturated rings. The molecule has 6 N–H and O–H groups in total. The normalized spacial score (nSPS) is 14.8. The van der Waals surface area contributed by atoms with Gasteiger partial charge in [-0.3, -0.25) is 24.0 Å². The molecule has 2 aromatic carbocycles. The average Bonchev–Trinajstić information content (AvgIpc) is 3.11. The Balaban J connectivity index is 2.23. The smallest absolute Gasteiger partial charge is 0.243 e. The van der Waals surface area contributed by atoms with Gasteiger partial charge in [0.25, 0.3) is 0 Å². The summed E-state index contributed by atoms with van der Waals surface area (Å²) in [4.78, 5) is 67.0. The lowest BCUT2D eigenvalue weighted by Gasteiger charge is -2.30. The molecular formula is C41H63N5O6. The largest absolute Gasteiger partial charge is 0.390 e. The van der Waals surface area contributed by atoms with Crippen LogP contribution in [0, 0.1) is 17.8 Å². The molecule has 0 saturated heterocycles. The van der Waals surface area contributed by atoms with Crippen LogP contribution in [0.2, 0.25) is 0 Å². The first-order chi connectivity index (χ1) is 24.7. The molecule has 288 valence electrons. The third kappa shape index (κ3) is 15.2. The standard InChI is InChI=1S/C41H63N5O6/c1-9-28(8)38(41(52)42-31(10-2)11-3)45-36(49)25-34(47)32(23-29-18-14-12-15-19-29)44-40(51)37(27(6)7)46-39(50)33(22-26(4)5)43-35(48)24-30-20-16-13-17-21-30/h12-21,26-28,31-34,37-38,47H,9-11,22-25H2,1-8H3,(H,42,52)(H,43,48)(H,44,51)(H,45,49)(H,46,50)/t28-,32-,33-,34-,37-,38-/m0/s1. The minimum absolute atomic E-state index is 0.00683. The molecule has 2 aromatic rings. The fourth-order valence-electron chi connectivity index (χ4n) is 5.99. The number of carbonyl (C=O) groups is 5. The van der Waals surface area contributed by atoms with Crippen molar-refractivity contribution in [3.05, 3.63) is 71.8 Å². The molecule has 5 amide bonds. The van der Waals surface area contributed by atoms with Gasteiger partial charge in [0.15, 0.2) is 0 Å². The van der Waals surface area contributed by atoms with Gasteiger partial charge in [-0.1, -0.05) is 122 Å². The van der Waals surface area contributed by atoms with Crippen molar-refractivity contribution in [3.63, 3.8) is 0 Å². The summed E-state index contributed by atoms with van der Waals surface area (Å²) in [6, 6.07) is 15.0. The SMILES string of the molecule is CCC(CC)NC(=O)[C@@H](NC(=O)C[C@H](O)[C@H](Cc1ccccc1)NC(=O)[C@@H](NC(=O)[C@H](CC(C)C)NC(=O)Cc1ccccc1)C(C)C)[C@@H](C)CC. The highest BCUT2D eigenvalue weighted by Crippen LogP contribution is 2.15. The van der Waals surface area contributed by atoms with Gasteiger partial charge in [0.05, 0.1) is 25.0 Å². The number of carbonyl (C=O) groups excluding carboxylic acids is 5. The van der Waals surface area contributed by atoms with Gasteiger partial charge in [-0.25, -0.2) is 0 Å². The van der Waals surface area contributed by atoms with Crippen LogP contribution >= 0.6 is 0 Å². The highest BCUT2D eigenvalue weighted by Gasteiger charge is 2.33. The molecular weight excluding hydrogens is 658 g/mol. The van der Waals surface area contributed by atoms with Crippen molar-refractivity contribution in [2.45, 2.75) is 137 Å². The van der Waals surface area contributed by atoms with Gasteiger partial charge in [0.2, 0.25) is 29.5 Å². The van der Waals surface area contributed by atoms with Crippen molar-refractivity contribution >= 4 is 29.5 Å². The Labute approximate surface area is 310 Å². The predicted octanol–water partition coefficient (Wildman–Crippen LogP) is 4.22. The summed E-state index contributed by atoms with van der Waals surface area (Å²) < 4.78 is 0. The van der Waals surface area contributed by atoms with Crippen molar-refractivity contribution in [1.82, 2.24) is 26.6 Å². The van der Waals surface area contributed by atoms with Crippen molar-refractivity contribution < 1.29 is 29.1 Å². The van der Waals surface area contributed by atoms with Crippen molar-refractivity contribution in [2.24, 2.45) is 17.8 Å². The maximum Gasteiger partial charge on any atom is 0.243 e. The molecule has 0 unspecified atom stereocenters. The Morgan fingerprint density at radius 3 is 1.69 bits per heavy atom. The number of benzene rings is 2. The second-order valence-corrected chi connectivity index (χ2v) is 14.7. The molecule has 0 bridgehead atoms. The van der Waals surface area contributed by atoms with E-state index < -0.39 is 48.0 Å². The van der Waals surface area contributed by atoms with Crippen LogP contribution in [-0.2, 0) is 36.8 Å². The molecule has 11 nitrogen and oxygen atoms in total. The molecule has 0 heterocycles. The molecule has 0 spiro atoms. The molecule has 52 heavy (non-hydrogen) atoms. The second-order valence-electron chi connectivity index (χ2n) is 14.7. The third-order valence-electron chi connectivity index (χ3n) is 9.44. The van der Waals surface area contributed by atoms with Crippen LogP contribution in [0.15, 0.2) is 60.7 Å². The van der Waals surface area contributed by atoms with Crippen molar-refractivity contribution in [2.75, 3.05) is 0 Å². The highest BCUT2D eigenvalue weighted by atomic mass is 16.3. The first kappa shape index (κ1) is 43.9. The topological polar surface area (TPSA) is 166 Å². The van der Waals surface area contributed by atoms with E-state index in [-0.39, 0.29) is 54.9 Å². The molecule has 2 rings (SSSR count). The first-order valence-corrected chi connectivity index (χ1v) is 18.9. The van der Waals surface area contributed by atoms with E-state index in [1.807, 2.05) is 102 Å². The number of aliphatic hydroxyl groups excluding tert-OH is 1.